The number of halogens is 1. The molecule has 14 heavy (non-hydrogen) atoms. The summed E-state index contributed by atoms with van der Waals surface area (Å²) >= 11 is 5.07. The zero-order chi connectivity index (χ0) is 9.97. The average Bonchev–Trinajstić information content (AvgIpc) is 2.91. The Morgan fingerprint density at radius 1 is 1.71 bits per heavy atom. The molecule has 3 nitrogen and oxygen atoms in total. The Labute approximate surface area is 96.2 Å². The molecule has 78 valence electrons. The maximum atomic E-state index is 5.10. The number of hydrogen-bond acceptors (Lipinski definition) is 4. The number of rotatable bonds is 5. The Balaban J connectivity index is 2.02. The molecule has 0 aromatic carbocycles. The molecule has 5 heteroatoms. The van der Waals surface area contributed by atoms with Crippen molar-refractivity contribution in [2.24, 2.45) is 0 Å². The second-order valence-corrected chi connectivity index (χ2v) is 5.02. The first kappa shape index (κ1) is 10.4. The van der Waals surface area contributed by atoms with Gasteiger partial charge in [-0.3, -0.25) is 0 Å². The number of nitrogens with zero attached hydrogens (tertiary/aromatic N) is 2. The third-order valence-corrected chi connectivity index (χ3v) is 3.82. The van der Waals surface area contributed by atoms with E-state index in [-0.39, 0.29) is 0 Å². The van der Waals surface area contributed by atoms with Gasteiger partial charge in [-0.25, -0.2) is 4.98 Å². The van der Waals surface area contributed by atoms with Crippen LogP contribution in [0.15, 0.2) is 9.98 Å². The number of hydrogen-bond donors (Lipinski definition) is 0. The molecule has 0 unspecified atom stereocenters. The van der Waals surface area contributed by atoms with E-state index in [2.05, 4.69) is 25.8 Å². The molecule has 0 saturated heterocycles. The van der Waals surface area contributed by atoms with E-state index in [4.69, 9.17) is 4.74 Å². The van der Waals surface area contributed by atoms with Gasteiger partial charge >= 0.3 is 0 Å². The molecule has 0 amide bonds. The summed E-state index contributed by atoms with van der Waals surface area (Å²) in [6, 6.07) is 0.697. The van der Waals surface area contributed by atoms with Crippen molar-refractivity contribution in [2.45, 2.75) is 18.9 Å². The smallest absolute Gasteiger partial charge is 0.186 e. The molecule has 1 aromatic heterocycles. The summed E-state index contributed by atoms with van der Waals surface area (Å²) in [4.78, 5) is 6.78. The quantitative estimate of drug-likeness (QED) is 0.827. The van der Waals surface area contributed by atoms with E-state index in [1.807, 2.05) is 5.38 Å². The van der Waals surface area contributed by atoms with Crippen molar-refractivity contribution < 1.29 is 4.74 Å². The van der Waals surface area contributed by atoms with Crippen LogP contribution in [0.5, 0.6) is 0 Å². The van der Waals surface area contributed by atoms with E-state index in [9.17, 15) is 0 Å². The first-order valence-corrected chi connectivity index (χ1v) is 6.35. The Bertz CT molecular complexity index is 301. The van der Waals surface area contributed by atoms with Gasteiger partial charge < -0.3 is 9.64 Å². The molecule has 0 spiro atoms. The van der Waals surface area contributed by atoms with Gasteiger partial charge in [0.2, 0.25) is 0 Å². The highest BCUT2D eigenvalue weighted by molar-refractivity contribution is 9.10. The van der Waals surface area contributed by atoms with Gasteiger partial charge in [-0.1, -0.05) is 0 Å². The summed E-state index contributed by atoms with van der Waals surface area (Å²) in [6.45, 7) is 1.72. The zero-order valence-corrected chi connectivity index (χ0v) is 10.5. The van der Waals surface area contributed by atoms with E-state index < -0.39 is 0 Å². The van der Waals surface area contributed by atoms with Crippen molar-refractivity contribution >= 4 is 32.4 Å². The lowest BCUT2D eigenvalue weighted by Crippen LogP contribution is -2.29. The average molecular weight is 277 g/mol. The second-order valence-electron chi connectivity index (χ2n) is 3.37. The summed E-state index contributed by atoms with van der Waals surface area (Å²) in [5.74, 6) is 0. The lowest BCUT2D eigenvalue weighted by molar-refractivity contribution is 0.205. The van der Waals surface area contributed by atoms with Crippen LogP contribution in [-0.2, 0) is 4.74 Å². The van der Waals surface area contributed by atoms with Gasteiger partial charge in [0.15, 0.2) is 5.13 Å². The van der Waals surface area contributed by atoms with Crippen molar-refractivity contribution in [1.82, 2.24) is 4.98 Å². The third kappa shape index (κ3) is 2.46. The minimum absolute atomic E-state index is 0.697. The number of thiazole rings is 1. The van der Waals surface area contributed by atoms with Crippen LogP contribution < -0.4 is 4.90 Å². The van der Waals surface area contributed by atoms with Gasteiger partial charge in [0.25, 0.3) is 0 Å². The van der Waals surface area contributed by atoms with Gasteiger partial charge in [-0.15, -0.1) is 11.3 Å². The van der Waals surface area contributed by atoms with Gasteiger partial charge in [0, 0.05) is 25.1 Å². The van der Waals surface area contributed by atoms with E-state index in [0.29, 0.717) is 6.04 Å². The van der Waals surface area contributed by atoms with Crippen molar-refractivity contribution in [2.75, 3.05) is 25.2 Å². The van der Waals surface area contributed by atoms with Crippen LogP contribution in [0.4, 0.5) is 5.13 Å². The molecule has 0 aliphatic heterocycles. The van der Waals surface area contributed by atoms with E-state index >= 15 is 0 Å². The fraction of sp³-hybridized carbons (Fsp3) is 0.667. The molecule has 0 atom stereocenters. The Kier molecular flexibility index (Phi) is 3.41. The Hall–Kier alpha value is -0.130. The lowest BCUT2D eigenvalue weighted by Gasteiger charge is -2.20. The molecule has 1 fully saturated rings. The lowest BCUT2D eigenvalue weighted by atomic mass is 10.5. The van der Waals surface area contributed by atoms with Crippen LogP contribution in [0.1, 0.15) is 12.8 Å². The van der Waals surface area contributed by atoms with Crippen molar-refractivity contribution in [3.05, 3.63) is 9.98 Å². The number of ether oxygens (including phenoxy) is 1. The maximum absolute atomic E-state index is 5.10. The van der Waals surface area contributed by atoms with Crippen LogP contribution in [-0.4, -0.2) is 31.3 Å². The number of anilines is 1. The van der Waals surface area contributed by atoms with E-state index in [1.165, 1.54) is 12.8 Å². The predicted octanol–water partition coefficient (Wildman–Crippen LogP) is 2.52. The zero-order valence-electron chi connectivity index (χ0n) is 8.07. The van der Waals surface area contributed by atoms with E-state index in [0.717, 1.165) is 22.9 Å². The minimum atomic E-state index is 0.697. The van der Waals surface area contributed by atoms with Crippen molar-refractivity contribution in [3.8, 4) is 0 Å². The first-order chi connectivity index (χ1) is 6.81. The van der Waals surface area contributed by atoms with Crippen LogP contribution in [0.3, 0.4) is 0 Å². The summed E-state index contributed by atoms with van der Waals surface area (Å²) in [5.41, 5.74) is 0. The van der Waals surface area contributed by atoms with E-state index in [1.54, 1.807) is 18.4 Å². The molecule has 1 saturated carbocycles. The molecule has 1 aliphatic carbocycles. The predicted molar refractivity (Wildman–Crippen MR) is 62.1 cm³/mol. The molecule has 2 rings (SSSR count). The molecule has 1 aliphatic rings. The summed E-state index contributed by atoms with van der Waals surface area (Å²) in [7, 11) is 1.74. The Morgan fingerprint density at radius 3 is 3.00 bits per heavy atom. The van der Waals surface area contributed by atoms with Crippen molar-refractivity contribution in [3.63, 3.8) is 0 Å². The summed E-state index contributed by atoms with van der Waals surface area (Å²) < 4.78 is 6.03. The van der Waals surface area contributed by atoms with Gasteiger partial charge in [0.1, 0.15) is 4.60 Å². The summed E-state index contributed by atoms with van der Waals surface area (Å²) in [6.07, 6.45) is 2.59. The topological polar surface area (TPSA) is 25.4 Å². The standard InChI is InChI=1S/C9H13BrN2OS/c1-13-5-4-12(7-2-3-7)9-11-8(10)6-14-9/h6-7H,2-5H2,1H3. The minimum Gasteiger partial charge on any atom is -0.383 e. The third-order valence-electron chi connectivity index (χ3n) is 2.23. The normalized spacial score (nSPS) is 15.9. The van der Waals surface area contributed by atoms with Crippen LogP contribution >= 0.6 is 27.3 Å². The van der Waals surface area contributed by atoms with Crippen LogP contribution in [0, 0.1) is 0 Å². The largest absolute Gasteiger partial charge is 0.383 e. The number of methoxy groups -OCH3 is 1. The fourth-order valence-corrected chi connectivity index (χ4v) is 2.74. The molecule has 0 N–H and O–H groups in total. The van der Waals surface area contributed by atoms with Gasteiger partial charge in [-0.05, 0) is 28.8 Å². The van der Waals surface area contributed by atoms with Gasteiger partial charge in [0.05, 0.1) is 6.61 Å². The number of aromatic nitrogens is 1. The monoisotopic (exact) mass is 276 g/mol. The SMILES string of the molecule is COCCN(c1nc(Br)cs1)C1CC1. The summed E-state index contributed by atoms with van der Waals surface area (Å²) in [5, 5.41) is 3.13. The fourth-order valence-electron chi connectivity index (χ4n) is 1.39. The molecule has 1 aromatic rings. The molecule has 0 bridgehead atoms. The second kappa shape index (κ2) is 4.59. The molecule has 1 heterocycles. The first-order valence-electron chi connectivity index (χ1n) is 4.68. The molecular weight excluding hydrogens is 264 g/mol. The molecular formula is C9H13BrN2OS. The van der Waals surface area contributed by atoms with Crippen LogP contribution in [0.2, 0.25) is 0 Å². The highest BCUT2D eigenvalue weighted by atomic mass is 79.9. The highest BCUT2D eigenvalue weighted by Crippen LogP contribution is 2.33. The highest BCUT2D eigenvalue weighted by Gasteiger charge is 2.30. The Morgan fingerprint density at radius 2 is 2.50 bits per heavy atom. The van der Waals surface area contributed by atoms with Gasteiger partial charge in [-0.2, -0.15) is 0 Å². The molecule has 0 radical (unpaired) electrons. The van der Waals surface area contributed by atoms with Crippen LogP contribution in [0.25, 0.3) is 0 Å². The maximum Gasteiger partial charge on any atom is 0.186 e. The van der Waals surface area contributed by atoms with Crippen molar-refractivity contribution in [1.29, 1.82) is 0 Å².